The van der Waals surface area contributed by atoms with E-state index >= 15 is 0 Å². The molecule has 0 spiro atoms. The Balaban J connectivity index is 1.35. The minimum absolute atomic E-state index is 0.149. The van der Waals surface area contributed by atoms with Crippen molar-refractivity contribution >= 4 is 32.1 Å². The third kappa shape index (κ3) is 4.25. The summed E-state index contributed by atoms with van der Waals surface area (Å²) in [5, 5.41) is 8.15. The summed E-state index contributed by atoms with van der Waals surface area (Å²) in [6, 6.07) is 17.9. The monoisotopic (exact) mass is 496 g/mol. The minimum atomic E-state index is -3.59. The van der Waals surface area contributed by atoms with Gasteiger partial charge in [0.25, 0.3) is 5.56 Å². The number of benzene rings is 2. The summed E-state index contributed by atoms with van der Waals surface area (Å²) in [5.74, 6) is 0.610. The molecule has 8 nitrogen and oxygen atoms in total. The highest BCUT2D eigenvalue weighted by atomic mass is 32.2. The van der Waals surface area contributed by atoms with Crippen molar-refractivity contribution in [3.05, 3.63) is 76.4 Å². The highest BCUT2D eigenvalue weighted by Gasteiger charge is 2.29. The van der Waals surface area contributed by atoms with Crippen LogP contribution < -0.4 is 10.3 Å². The molecule has 0 bridgehead atoms. The zero-order valence-corrected chi connectivity index (χ0v) is 20.3. The number of piperazine rings is 1. The van der Waals surface area contributed by atoms with Crippen molar-refractivity contribution in [1.82, 2.24) is 19.0 Å². The third-order valence-corrected chi connectivity index (χ3v) is 8.77. The summed E-state index contributed by atoms with van der Waals surface area (Å²) in [4.78, 5) is 16.4. The number of fused-ring (bicyclic) bond motifs is 1. The SMILES string of the molecule is COc1ccc(S(=O)(=O)N2CCN(Cn3nc(-c4cccs4)c4ccccc4c3=O)CC2)cc1. The molecular weight excluding hydrogens is 472 g/mol. The van der Waals surface area contributed by atoms with Crippen molar-refractivity contribution in [2.75, 3.05) is 33.3 Å². The van der Waals surface area contributed by atoms with E-state index in [4.69, 9.17) is 9.84 Å². The van der Waals surface area contributed by atoms with Gasteiger partial charge in [0.05, 0.1) is 28.9 Å². The molecule has 0 atom stereocenters. The van der Waals surface area contributed by atoms with Crippen molar-refractivity contribution in [2.24, 2.45) is 0 Å². The van der Waals surface area contributed by atoms with Crippen LogP contribution in [0.25, 0.3) is 21.3 Å². The van der Waals surface area contributed by atoms with Crippen LogP contribution in [-0.2, 0) is 16.7 Å². The van der Waals surface area contributed by atoms with Gasteiger partial charge in [-0.2, -0.15) is 9.40 Å². The smallest absolute Gasteiger partial charge is 0.275 e. The lowest BCUT2D eigenvalue weighted by Gasteiger charge is -2.33. The molecule has 0 aliphatic carbocycles. The molecule has 34 heavy (non-hydrogen) atoms. The number of thiophene rings is 1. The Morgan fingerprint density at radius 2 is 1.65 bits per heavy atom. The van der Waals surface area contributed by atoms with E-state index in [2.05, 4.69) is 4.90 Å². The van der Waals surface area contributed by atoms with Gasteiger partial charge >= 0.3 is 0 Å². The second-order valence-corrected chi connectivity index (χ2v) is 10.9. The Bertz CT molecular complexity index is 1460. The molecule has 3 heterocycles. The van der Waals surface area contributed by atoms with Crippen LogP contribution in [-0.4, -0.2) is 60.7 Å². The summed E-state index contributed by atoms with van der Waals surface area (Å²) >= 11 is 1.58. The Hall–Kier alpha value is -3.05. The molecule has 1 aliphatic heterocycles. The third-order valence-electron chi connectivity index (χ3n) is 5.98. The van der Waals surface area contributed by atoms with Gasteiger partial charge in [-0.05, 0) is 41.8 Å². The summed E-state index contributed by atoms with van der Waals surface area (Å²) < 4.78 is 34.2. The number of methoxy groups -OCH3 is 1. The van der Waals surface area contributed by atoms with E-state index in [9.17, 15) is 13.2 Å². The van der Waals surface area contributed by atoms with Crippen LogP contribution in [0.4, 0.5) is 0 Å². The Labute approximate surface area is 201 Å². The fourth-order valence-corrected chi connectivity index (χ4v) is 6.27. The maximum absolute atomic E-state index is 13.1. The van der Waals surface area contributed by atoms with Crippen molar-refractivity contribution in [2.45, 2.75) is 11.6 Å². The topological polar surface area (TPSA) is 84.7 Å². The fourth-order valence-electron chi connectivity index (χ4n) is 4.12. The summed E-state index contributed by atoms with van der Waals surface area (Å²) in [6.45, 7) is 2.00. The Kier molecular flexibility index (Phi) is 6.22. The number of rotatable bonds is 6. The highest BCUT2D eigenvalue weighted by molar-refractivity contribution is 7.89. The molecule has 0 amide bonds. The van der Waals surface area contributed by atoms with Gasteiger partial charge < -0.3 is 4.74 Å². The molecule has 1 fully saturated rings. The molecule has 4 aromatic rings. The van der Waals surface area contributed by atoms with E-state index < -0.39 is 10.0 Å². The Morgan fingerprint density at radius 1 is 0.941 bits per heavy atom. The minimum Gasteiger partial charge on any atom is -0.497 e. The lowest BCUT2D eigenvalue weighted by molar-refractivity contribution is 0.143. The fraction of sp³-hybridized carbons (Fsp3) is 0.250. The standard InChI is InChI=1S/C24H24N4O4S2/c1-32-18-8-10-19(11-9-18)34(30,31)27-14-12-26(13-15-27)17-28-24(29)21-6-3-2-5-20(21)23(25-28)22-7-4-16-33-22/h2-11,16H,12-15,17H2,1H3. The van der Waals surface area contributed by atoms with Crippen LogP contribution in [0.15, 0.2) is 75.7 Å². The molecule has 1 aliphatic rings. The first-order chi connectivity index (χ1) is 16.5. The summed E-state index contributed by atoms with van der Waals surface area (Å²) in [6.07, 6.45) is 0. The van der Waals surface area contributed by atoms with E-state index in [1.54, 1.807) is 42.7 Å². The predicted molar refractivity (Wildman–Crippen MR) is 133 cm³/mol. The molecule has 0 radical (unpaired) electrons. The first-order valence-electron chi connectivity index (χ1n) is 10.9. The van der Waals surface area contributed by atoms with Crippen LogP contribution in [0.3, 0.4) is 0 Å². The van der Waals surface area contributed by atoms with Crippen LogP contribution in [0, 0.1) is 0 Å². The Morgan fingerprint density at radius 3 is 2.29 bits per heavy atom. The first-order valence-corrected chi connectivity index (χ1v) is 13.2. The molecule has 0 N–H and O–H groups in total. The van der Waals surface area contributed by atoms with Gasteiger partial charge in [-0.1, -0.05) is 24.3 Å². The van der Waals surface area contributed by atoms with Crippen LogP contribution in [0.5, 0.6) is 5.75 Å². The second-order valence-electron chi connectivity index (χ2n) is 8.02. The average Bonchev–Trinajstić information content (AvgIpc) is 3.41. The molecule has 1 saturated heterocycles. The van der Waals surface area contributed by atoms with Gasteiger partial charge in [-0.25, -0.2) is 13.1 Å². The van der Waals surface area contributed by atoms with Crippen molar-refractivity contribution < 1.29 is 13.2 Å². The molecule has 176 valence electrons. The van der Waals surface area contributed by atoms with E-state index in [0.29, 0.717) is 44.0 Å². The summed E-state index contributed by atoms with van der Waals surface area (Å²) in [5.41, 5.74) is 0.634. The van der Waals surface area contributed by atoms with Gasteiger partial charge in [0.15, 0.2) is 0 Å². The quantitative estimate of drug-likeness (QED) is 0.408. The van der Waals surface area contributed by atoms with Gasteiger partial charge in [-0.3, -0.25) is 9.69 Å². The molecular formula is C24H24N4O4S2. The van der Waals surface area contributed by atoms with Crippen molar-refractivity contribution in [3.8, 4) is 16.3 Å². The maximum atomic E-state index is 13.1. The van der Waals surface area contributed by atoms with E-state index in [1.165, 1.54) is 8.99 Å². The van der Waals surface area contributed by atoms with Crippen LogP contribution in [0.1, 0.15) is 0 Å². The van der Waals surface area contributed by atoms with Crippen LogP contribution in [0.2, 0.25) is 0 Å². The number of nitrogens with zero attached hydrogens (tertiary/aromatic N) is 4. The van der Waals surface area contributed by atoms with Gasteiger partial charge in [0, 0.05) is 31.6 Å². The number of ether oxygens (including phenoxy) is 1. The molecule has 0 saturated carbocycles. The number of hydrogen-bond acceptors (Lipinski definition) is 7. The number of hydrogen-bond donors (Lipinski definition) is 0. The molecule has 0 unspecified atom stereocenters. The zero-order valence-electron chi connectivity index (χ0n) is 18.6. The normalized spacial score (nSPS) is 15.6. The molecule has 2 aromatic heterocycles. The predicted octanol–water partition coefficient (Wildman–Crippen LogP) is 3.10. The lowest BCUT2D eigenvalue weighted by Crippen LogP contribution is -2.49. The van der Waals surface area contributed by atoms with Gasteiger partial charge in [0.2, 0.25) is 10.0 Å². The second kappa shape index (κ2) is 9.30. The number of aromatic nitrogens is 2. The molecule has 2 aromatic carbocycles. The van der Waals surface area contributed by atoms with Crippen molar-refractivity contribution in [3.63, 3.8) is 0 Å². The van der Waals surface area contributed by atoms with Gasteiger partial charge in [-0.15, -0.1) is 11.3 Å². The molecule has 5 rings (SSSR count). The largest absolute Gasteiger partial charge is 0.497 e. The maximum Gasteiger partial charge on any atom is 0.275 e. The average molecular weight is 497 g/mol. The number of sulfonamides is 1. The summed E-state index contributed by atoms with van der Waals surface area (Å²) in [7, 11) is -2.04. The van der Waals surface area contributed by atoms with Crippen molar-refractivity contribution in [1.29, 1.82) is 0 Å². The first kappa shape index (κ1) is 22.7. The van der Waals surface area contributed by atoms with Gasteiger partial charge in [0.1, 0.15) is 11.4 Å². The van der Waals surface area contributed by atoms with E-state index in [0.717, 1.165) is 16.0 Å². The van der Waals surface area contributed by atoms with Crippen LogP contribution >= 0.6 is 11.3 Å². The zero-order chi connectivity index (χ0) is 23.7. The molecule has 10 heteroatoms. The lowest BCUT2D eigenvalue weighted by atomic mass is 10.1. The van der Waals surface area contributed by atoms with E-state index in [1.807, 2.05) is 41.8 Å². The van der Waals surface area contributed by atoms with E-state index in [-0.39, 0.29) is 10.5 Å². The highest BCUT2D eigenvalue weighted by Crippen LogP contribution is 2.28.